The summed E-state index contributed by atoms with van der Waals surface area (Å²) in [6.07, 6.45) is 1.09. The number of aliphatic carboxylic acids is 1. The lowest BCUT2D eigenvalue weighted by Crippen LogP contribution is -2.44. The number of hydrogen-bond donors (Lipinski definition) is 2. The molecular weight excluding hydrogens is 532 g/mol. The predicted octanol–water partition coefficient (Wildman–Crippen LogP) is 4.90. The molecule has 9 heteroatoms. The van der Waals surface area contributed by atoms with E-state index in [0.717, 1.165) is 38.2 Å². The first-order valence-corrected chi connectivity index (χ1v) is 14.3. The van der Waals surface area contributed by atoms with Crippen molar-refractivity contribution in [2.24, 2.45) is 5.92 Å². The van der Waals surface area contributed by atoms with Gasteiger partial charge in [0.25, 0.3) is 11.8 Å². The van der Waals surface area contributed by atoms with Gasteiger partial charge >= 0.3 is 12.0 Å². The number of imide groups is 1. The quantitative estimate of drug-likeness (QED) is 0.344. The molecule has 0 spiro atoms. The van der Waals surface area contributed by atoms with Gasteiger partial charge < -0.3 is 15.0 Å². The van der Waals surface area contributed by atoms with Crippen molar-refractivity contribution in [1.82, 2.24) is 14.8 Å². The van der Waals surface area contributed by atoms with E-state index in [1.807, 2.05) is 55.5 Å². The highest BCUT2D eigenvalue weighted by Crippen LogP contribution is 2.45. The Hall–Kier alpha value is -4.92. The molecule has 3 aliphatic heterocycles. The number of carbonyl (C=O) groups is 4. The van der Waals surface area contributed by atoms with Crippen LogP contribution in [0.4, 0.5) is 10.5 Å². The number of piperidine rings is 1. The first kappa shape index (κ1) is 26.0. The van der Waals surface area contributed by atoms with E-state index in [1.165, 1.54) is 0 Å². The van der Waals surface area contributed by atoms with Crippen molar-refractivity contribution in [2.75, 3.05) is 18.0 Å². The van der Waals surface area contributed by atoms with E-state index in [2.05, 4.69) is 4.98 Å². The summed E-state index contributed by atoms with van der Waals surface area (Å²) >= 11 is 0. The highest BCUT2D eigenvalue weighted by atomic mass is 16.4. The van der Waals surface area contributed by atoms with Crippen molar-refractivity contribution in [3.63, 3.8) is 0 Å². The van der Waals surface area contributed by atoms with Gasteiger partial charge in [0, 0.05) is 36.1 Å². The van der Waals surface area contributed by atoms with Gasteiger partial charge in [-0.05, 0) is 49.1 Å². The molecule has 212 valence electrons. The molecule has 42 heavy (non-hydrogen) atoms. The molecule has 0 aliphatic carbocycles. The van der Waals surface area contributed by atoms with Crippen LogP contribution in [0, 0.1) is 12.8 Å². The molecule has 4 heterocycles. The van der Waals surface area contributed by atoms with Gasteiger partial charge in [-0.3, -0.25) is 19.3 Å². The number of urea groups is 1. The fourth-order valence-corrected chi connectivity index (χ4v) is 6.74. The number of nitrogens with zero attached hydrogens (tertiary/aromatic N) is 3. The third kappa shape index (κ3) is 3.99. The normalized spacial score (nSPS) is 20.6. The molecule has 0 saturated carbocycles. The maximum Gasteiger partial charge on any atom is 0.332 e. The Labute approximate surface area is 242 Å². The van der Waals surface area contributed by atoms with Crippen molar-refractivity contribution in [1.29, 1.82) is 0 Å². The van der Waals surface area contributed by atoms with Gasteiger partial charge in [-0.1, -0.05) is 60.2 Å². The number of carboxylic acid groups (broad SMARTS) is 1. The number of anilines is 1. The number of amides is 4. The number of likely N-dealkylation sites (tertiary alicyclic amines) is 1. The number of para-hydroxylation sites is 2. The van der Waals surface area contributed by atoms with E-state index in [0.29, 0.717) is 32.4 Å². The minimum Gasteiger partial charge on any atom is -0.481 e. The van der Waals surface area contributed by atoms with Gasteiger partial charge in [0.05, 0.1) is 17.2 Å². The summed E-state index contributed by atoms with van der Waals surface area (Å²) in [5.41, 5.74) is 5.36. The summed E-state index contributed by atoms with van der Waals surface area (Å²) in [4.78, 5) is 61.6. The van der Waals surface area contributed by atoms with Crippen LogP contribution in [0.15, 0.2) is 72.8 Å². The van der Waals surface area contributed by atoms with E-state index >= 15 is 0 Å². The maximum atomic E-state index is 14.3. The van der Waals surface area contributed by atoms with E-state index < -0.39 is 30.0 Å². The Morgan fingerprint density at radius 1 is 0.905 bits per heavy atom. The monoisotopic (exact) mass is 562 g/mol. The predicted molar refractivity (Wildman–Crippen MR) is 156 cm³/mol. The lowest BCUT2D eigenvalue weighted by atomic mass is 9.88. The standard InChI is InChI=1S/C33H30N4O5/c1-19-10-12-20(13-11-19)29-28-24(22-6-2-4-8-25(22)34-28)18-27-31(39)37(33(42)36(27)29)26-9-5-3-7-23(26)30(38)35-16-14-21(15-17-35)32(40)41/h2-13,21,27,29,34H,14-18H2,1H3,(H,40,41)/t27-,29?/m0/s1. The third-order valence-corrected chi connectivity index (χ3v) is 8.95. The van der Waals surface area contributed by atoms with E-state index in [1.54, 1.807) is 34.1 Å². The second kappa shape index (κ2) is 9.87. The van der Waals surface area contributed by atoms with Crippen molar-refractivity contribution in [2.45, 2.75) is 38.3 Å². The van der Waals surface area contributed by atoms with E-state index in [-0.39, 0.29) is 23.1 Å². The molecule has 4 aromatic rings. The number of H-pyrrole nitrogens is 1. The molecule has 2 fully saturated rings. The molecule has 1 aromatic heterocycles. The third-order valence-electron chi connectivity index (χ3n) is 8.95. The van der Waals surface area contributed by atoms with Crippen molar-refractivity contribution in [3.8, 4) is 0 Å². The number of rotatable bonds is 4. The number of nitrogens with one attached hydrogen (secondary N) is 1. The molecule has 2 saturated heterocycles. The number of carbonyl (C=O) groups excluding carboxylic acids is 3. The molecule has 3 aliphatic rings. The number of aromatic amines is 1. The number of aryl methyl sites for hydroxylation is 1. The molecule has 2 atom stereocenters. The number of hydrogen-bond acceptors (Lipinski definition) is 4. The molecule has 7 rings (SSSR count). The fraction of sp³-hybridized carbons (Fsp3) is 0.273. The Kier molecular flexibility index (Phi) is 6.11. The summed E-state index contributed by atoms with van der Waals surface area (Å²) in [7, 11) is 0. The largest absolute Gasteiger partial charge is 0.481 e. The zero-order valence-corrected chi connectivity index (χ0v) is 23.1. The summed E-state index contributed by atoms with van der Waals surface area (Å²) in [6.45, 7) is 2.61. The summed E-state index contributed by atoms with van der Waals surface area (Å²) in [6, 6.07) is 21.0. The average molecular weight is 563 g/mol. The molecule has 1 unspecified atom stereocenters. The number of benzene rings is 3. The minimum absolute atomic E-state index is 0.253. The van der Waals surface area contributed by atoms with E-state index in [4.69, 9.17) is 0 Å². The molecular formula is C33H30N4O5. The molecule has 3 aromatic carbocycles. The highest BCUT2D eigenvalue weighted by molar-refractivity contribution is 6.24. The van der Waals surface area contributed by atoms with Gasteiger partial charge in [-0.25, -0.2) is 9.69 Å². The van der Waals surface area contributed by atoms with Crippen LogP contribution in [-0.4, -0.2) is 62.8 Å². The lowest BCUT2D eigenvalue weighted by molar-refractivity contribution is -0.143. The molecule has 9 nitrogen and oxygen atoms in total. The van der Waals surface area contributed by atoms with Crippen LogP contribution in [0.1, 0.15) is 51.6 Å². The van der Waals surface area contributed by atoms with Crippen molar-refractivity contribution >= 4 is 40.4 Å². The summed E-state index contributed by atoms with van der Waals surface area (Å²) in [5, 5.41) is 10.4. The molecule has 2 N–H and O–H groups in total. The Bertz CT molecular complexity index is 1750. The van der Waals surface area contributed by atoms with Gasteiger partial charge in [-0.15, -0.1) is 0 Å². The number of carboxylic acids is 1. The Balaban J connectivity index is 1.28. The Morgan fingerprint density at radius 2 is 1.60 bits per heavy atom. The van der Waals surface area contributed by atoms with E-state index in [9.17, 15) is 24.3 Å². The zero-order valence-electron chi connectivity index (χ0n) is 23.1. The topological polar surface area (TPSA) is 114 Å². The molecule has 0 bridgehead atoms. The van der Waals surface area contributed by atoms with Crippen LogP contribution >= 0.6 is 0 Å². The average Bonchev–Trinajstić information content (AvgIpc) is 3.50. The molecule has 4 amide bonds. The zero-order chi connectivity index (χ0) is 29.1. The van der Waals surface area contributed by atoms with Crippen LogP contribution in [0.5, 0.6) is 0 Å². The number of aromatic nitrogens is 1. The van der Waals surface area contributed by atoms with Gasteiger partial charge in [0.2, 0.25) is 0 Å². The second-order valence-electron chi connectivity index (χ2n) is 11.4. The first-order chi connectivity index (χ1) is 20.3. The van der Waals surface area contributed by atoms with Crippen LogP contribution in [0.25, 0.3) is 10.9 Å². The highest BCUT2D eigenvalue weighted by Gasteiger charge is 2.53. The van der Waals surface area contributed by atoms with Gasteiger partial charge in [0.15, 0.2) is 0 Å². The minimum atomic E-state index is -0.854. The van der Waals surface area contributed by atoms with Crippen LogP contribution in [-0.2, 0) is 16.0 Å². The van der Waals surface area contributed by atoms with Crippen molar-refractivity contribution in [3.05, 3.63) is 101 Å². The Morgan fingerprint density at radius 3 is 2.33 bits per heavy atom. The SMILES string of the molecule is Cc1ccc(C2c3[nH]c4ccccc4c3C[C@H]3C(=O)N(c4ccccc4C(=O)N4CCC(C(=O)O)CC4)C(=O)N23)cc1. The summed E-state index contributed by atoms with van der Waals surface area (Å²) < 4.78 is 0. The lowest BCUT2D eigenvalue weighted by Gasteiger charge is -2.36. The smallest absolute Gasteiger partial charge is 0.332 e. The van der Waals surface area contributed by atoms with Crippen LogP contribution in [0.3, 0.4) is 0 Å². The summed E-state index contributed by atoms with van der Waals surface area (Å²) in [5.74, 6) is -2.01. The van der Waals surface area contributed by atoms with Crippen molar-refractivity contribution < 1.29 is 24.3 Å². The van der Waals surface area contributed by atoms with Crippen LogP contribution in [0.2, 0.25) is 0 Å². The maximum absolute atomic E-state index is 14.3. The van der Waals surface area contributed by atoms with Gasteiger partial charge in [0.1, 0.15) is 12.1 Å². The second-order valence-corrected chi connectivity index (χ2v) is 11.4. The van der Waals surface area contributed by atoms with Crippen LogP contribution < -0.4 is 4.90 Å². The number of fused-ring (bicyclic) bond motifs is 4. The first-order valence-electron chi connectivity index (χ1n) is 14.3. The molecule has 0 radical (unpaired) electrons. The van der Waals surface area contributed by atoms with Gasteiger partial charge in [-0.2, -0.15) is 0 Å². The fourth-order valence-electron chi connectivity index (χ4n) is 6.74.